The van der Waals surface area contributed by atoms with Gasteiger partial charge in [0.25, 0.3) is 0 Å². The number of halogens is 1. The van der Waals surface area contributed by atoms with Crippen molar-refractivity contribution in [3.63, 3.8) is 0 Å². The molecule has 1 rings (SSSR count). The Morgan fingerprint density at radius 2 is 1.76 bits per heavy atom. The van der Waals surface area contributed by atoms with Crippen molar-refractivity contribution in [1.29, 1.82) is 0 Å². The molecule has 0 fully saturated rings. The number of rotatable bonds is 15. The largest absolute Gasteiger partial charge is 0.445 e. The van der Waals surface area contributed by atoms with Crippen molar-refractivity contribution in [3.05, 3.63) is 35.9 Å². The van der Waals surface area contributed by atoms with Gasteiger partial charge in [-0.1, -0.05) is 44.2 Å². The van der Waals surface area contributed by atoms with Crippen LogP contribution in [0.5, 0.6) is 0 Å². The molecule has 8 nitrogen and oxygen atoms in total. The Balaban J connectivity index is 2.61. The van der Waals surface area contributed by atoms with E-state index in [4.69, 9.17) is 16.3 Å². The molecule has 10 heteroatoms. The number of Topliss-reactive ketones (excluding diaryl/α,β-unsaturated/α-hetero) is 1. The van der Waals surface area contributed by atoms with Gasteiger partial charge in [0.15, 0.2) is 5.78 Å². The summed E-state index contributed by atoms with van der Waals surface area (Å²) >= 11 is 7.23. The summed E-state index contributed by atoms with van der Waals surface area (Å²) < 4.78 is 5.07. The van der Waals surface area contributed by atoms with Gasteiger partial charge in [-0.15, -0.1) is 11.6 Å². The molecule has 2 atom stereocenters. The summed E-state index contributed by atoms with van der Waals surface area (Å²) in [5.41, 5.74) is 0.825. The monoisotopic (exact) mass is 499 g/mol. The molecule has 1 aromatic rings. The fourth-order valence-electron chi connectivity index (χ4n) is 2.96. The topological polar surface area (TPSA) is 114 Å². The summed E-state index contributed by atoms with van der Waals surface area (Å²) in [6.45, 7) is 3.67. The number of ketones is 1. The zero-order chi connectivity index (χ0) is 24.6. The van der Waals surface area contributed by atoms with Crippen LogP contribution in [0, 0.1) is 5.92 Å². The van der Waals surface area contributed by atoms with E-state index in [1.165, 1.54) is 11.8 Å². The molecule has 3 amide bonds. The van der Waals surface area contributed by atoms with Crippen molar-refractivity contribution in [2.24, 2.45) is 5.92 Å². The van der Waals surface area contributed by atoms with E-state index in [1.54, 1.807) is 0 Å². The quantitative estimate of drug-likeness (QED) is 0.320. The van der Waals surface area contributed by atoms with Gasteiger partial charge in [-0.05, 0) is 36.3 Å². The molecule has 0 heterocycles. The fraction of sp³-hybridized carbons (Fsp3) is 0.565. The molecule has 0 spiro atoms. The molecule has 0 bridgehead atoms. The third-order valence-corrected chi connectivity index (χ3v) is 5.45. The molecule has 0 aliphatic heterocycles. The molecule has 1 aromatic carbocycles. The van der Waals surface area contributed by atoms with E-state index >= 15 is 0 Å². The Morgan fingerprint density at radius 1 is 1.06 bits per heavy atom. The molecule has 0 radical (unpaired) electrons. The zero-order valence-corrected chi connectivity index (χ0v) is 21.0. The highest BCUT2D eigenvalue weighted by molar-refractivity contribution is 7.98. The van der Waals surface area contributed by atoms with Crippen LogP contribution in [-0.2, 0) is 25.7 Å². The van der Waals surface area contributed by atoms with E-state index < -0.39 is 30.0 Å². The molecule has 0 saturated heterocycles. The molecule has 0 unspecified atom stereocenters. The molecular weight excluding hydrogens is 466 g/mol. The molecule has 0 aromatic heterocycles. The fourth-order valence-corrected chi connectivity index (χ4v) is 3.62. The third kappa shape index (κ3) is 12.5. The molecule has 184 valence electrons. The van der Waals surface area contributed by atoms with Crippen LogP contribution >= 0.6 is 23.4 Å². The number of carbonyl (C=O) groups excluding carboxylic acids is 4. The summed E-state index contributed by atoms with van der Waals surface area (Å²) in [4.78, 5) is 49.4. The number of thioether (sulfide) groups is 1. The Kier molecular flexibility index (Phi) is 14.3. The van der Waals surface area contributed by atoms with E-state index in [0.29, 0.717) is 18.6 Å². The van der Waals surface area contributed by atoms with Crippen LogP contribution in [0.2, 0.25) is 0 Å². The van der Waals surface area contributed by atoms with Gasteiger partial charge >= 0.3 is 6.09 Å². The van der Waals surface area contributed by atoms with E-state index in [9.17, 15) is 19.2 Å². The Labute approximate surface area is 204 Å². The predicted molar refractivity (Wildman–Crippen MR) is 131 cm³/mol. The number of alkyl halides is 1. The van der Waals surface area contributed by atoms with Crippen LogP contribution in [0.15, 0.2) is 30.3 Å². The third-order valence-electron chi connectivity index (χ3n) is 4.62. The van der Waals surface area contributed by atoms with Gasteiger partial charge in [-0.2, -0.15) is 11.8 Å². The number of nitrogens with one attached hydrogen (secondary N) is 3. The second-order valence-electron chi connectivity index (χ2n) is 7.91. The standard InChI is InChI=1S/C23H34ClN3O5S/c1-16(2)13-19(20(28)9-11-24)27-22(30)18(10-12-33-3)26-21(29)14-25-23(31)32-15-17-7-5-4-6-8-17/h4-8,16,18-19H,9-15H2,1-3H3,(H,25,31)(H,26,29)(H,27,30)/t18-,19-/m0/s1. The lowest BCUT2D eigenvalue weighted by Crippen LogP contribution is -2.53. The molecule has 3 N–H and O–H groups in total. The van der Waals surface area contributed by atoms with Gasteiger partial charge in [0, 0.05) is 12.3 Å². The molecule has 33 heavy (non-hydrogen) atoms. The van der Waals surface area contributed by atoms with Crippen molar-refractivity contribution in [2.45, 2.75) is 51.8 Å². The first-order valence-electron chi connectivity index (χ1n) is 10.9. The minimum Gasteiger partial charge on any atom is -0.445 e. The molecule has 0 aliphatic rings. The number of ether oxygens (including phenoxy) is 1. The lowest BCUT2D eigenvalue weighted by Gasteiger charge is -2.24. The smallest absolute Gasteiger partial charge is 0.407 e. The summed E-state index contributed by atoms with van der Waals surface area (Å²) in [7, 11) is 0. The first-order chi connectivity index (χ1) is 15.8. The highest BCUT2D eigenvalue weighted by Gasteiger charge is 2.26. The number of alkyl carbamates (subject to hydrolysis) is 1. The van der Waals surface area contributed by atoms with Crippen LogP contribution in [0.3, 0.4) is 0 Å². The van der Waals surface area contributed by atoms with Crippen molar-refractivity contribution in [2.75, 3.05) is 24.4 Å². The Hall–Kier alpha value is -2.26. The highest BCUT2D eigenvalue weighted by Crippen LogP contribution is 2.10. The highest BCUT2D eigenvalue weighted by atomic mass is 35.5. The number of hydrogen-bond donors (Lipinski definition) is 3. The van der Waals surface area contributed by atoms with Crippen molar-refractivity contribution < 1.29 is 23.9 Å². The van der Waals surface area contributed by atoms with Gasteiger partial charge in [-0.3, -0.25) is 14.4 Å². The van der Waals surface area contributed by atoms with E-state index in [2.05, 4.69) is 16.0 Å². The molecule has 0 saturated carbocycles. The lowest BCUT2D eigenvalue weighted by molar-refractivity contribution is -0.131. The van der Waals surface area contributed by atoms with Gasteiger partial charge in [0.2, 0.25) is 11.8 Å². The predicted octanol–water partition coefficient (Wildman–Crippen LogP) is 2.88. The molecule has 0 aliphatic carbocycles. The van der Waals surface area contributed by atoms with Crippen LogP contribution < -0.4 is 16.0 Å². The second kappa shape index (κ2) is 16.4. The van der Waals surface area contributed by atoms with E-state index in [1.807, 2.05) is 50.4 Å². The summed E-state index contributed by atoms with van der Waals surface area (Å²) in [6, 6.07) is 7.67. The maximum Gasteiger partial charge on any atom is 0.407 e. The first-order valence-corrected chi connectivity index (χ1v) is 12.8. The SMILES string of the molecule is CSCC[C@H](NC(=O)CNC(=O)OCc1ccccc1)C(=O)N[C@@H](CC(C)C)C(=O)CCCl. The van der Waals surface area contributed by atoms with Crippen LogP contribution in [0.4, 0.5) is 4.79 Å². The number of carbonyl (C=O) groups is 4. The average molecular weight is 500 g/mol. The van der Waals surface area contributed by atoms with Crippen molar-refractivity contribution >= 4 is 47.1 Å². The van der Waals surface area contributed by atoms with Crippen LogP contribution in [-0.4, -0.2) is 60.2 Å². The maximum atomic E-state index is 12.9. The van der Waals surface area contributed by atoms with Gasteiger partial charge in [0.05, 0.1) is 6.04 Å². The maximum absolute atomic E-state index is 12.9. The zero-order valence-electron chi connectivity index (χ0n) is 19.4. The average Bonchev–Trinajstić information content (AvgIpc) is 2.79. The number of benzene rings is 1. The number of hydrogen-bond acceptors (Lipinski definition) is 6. The van der Waals surface area contributed by atoms with Gasteiger partial charge in [0.1, 0.15) is 19.2 Å². The first kappa shape index (κ1) is 28.8. The lowest BCUT2D eigenvalue weighted by atomic mass is 9.98. The second-order valence-corrected chi connectivity index (χ2v) is 9.28. The van der Waals surface area contributed by atoms with Crippen molar-refractivity contribution in [3.8, 4) is 0 Å². The van der Waals surface area contributed by atoms with Crippen LogP contribution in [0.1, 0.15) is 38.7 Å². The Bertz CT molecular complexity index is 764. The van der Waals surface area contributed by atoms with E-state index in [0.717, 1.165) is 5.56 Å². The van der Waals surface area contributed by atoms with Crippen molar-refractivity contribution in [1.82, 2.24) is 16.0 Å². The van der Waals surface area contributed by atoms with E-state index in [-0.39, 0.29) is 37.2 Å². The summed E-state index contributed by atoms with van der Waals surface area (Å²) in [5, 5.41) is 7.78. The minimum absolute atomic E-state index is 0.0839. The molecular formula is C23H34ClN3O5S. The summed E-state index contributed by atoms with van der Waals surface area (Å²) in [6.07, 6.45) is 2.19. The normalized spacial score (nSPS) is 12.5. The Morgan fingerprint density at radius 3 is 2.36 bits per heavy atom. The summed E-state index contributed by atoms with van der Waals surface area (Å²) in [5.74, 6) is -0.0834. The van der Waals surface area contributed by atoms with Gasteiger partial charge in [-0.25, -0.2) is 4.79 Å². The minimum atomic E-state index is -0.828. The van der Waals surface area contributed by atoms with Gasteiger partial charge < -0.3 is 20.7 Å². The number of amides is 3. The van der Waals surface area contributed by atoms with Crippen LogP contribution in [0.25, 0.3) is 0 Å².